The summed E-state index contributed by atoms with van der Waals surface area (Å²) in [4.78, 5) is 36.9. The quantitative estimate of drug-likeness (QED) is 0.482. The van der Waals surface area contributed by atoms with Crippen LogP contribution < -0.4 is 10.6 Å². The minimum atomic E-state index is -4.76. The van der Waals surface area contributed by atoms with Gasteiger partial charge in [-0.1, -0.05) is 27.7 Å². The highest BCUT2D eigenvalue weighted by atomic mass is 19.4. The highest BCUT2D eigenvalue weighted by Gasteiger charge is 2.72. The number of rotatable bonds is 6. The largest absolute Gasteiger partial charge is 0.454 e. The molecule has 0 spiro atoms. The molecule has 2 atom stereocenters. The van der Waals surface area contributed by atoms with Crippen molar-refractivity contribution in [1.82, 2.24) is 10.6 Å². The Labute approximate surface area is 167 Å². The van der Waals surface area contributed by atoms with Crippen molar-refractivity contribution in [1.29, 1.82) is 0 Å². The lowest BCUT2D eigenvalue weighted by Crippen LogP contribution is -2.57. The fraction of sp³-hybridized carbons (Fsp3) is 0.824. The number of alkyl halides is 6. The number of amides is 2. The van der Waals surface area contributed by atoms with Crippen LogP contribution in [0.2, 0.25) is 0 Å². The van der Waals surface area contributed by atoms with Crippen molar-refractivity contribution in [3.05, 3.63) is 0 Å². The lowest BCUT2D eigenvalue weighted by molar-refractivity contribution is -0.189. The molecule has 0 aliphatic heterocycles. The van der Waals surface area contributed by atoms with Gasteiger partial charge in [-0.15, -0.1) is 0 Å². The molecule has 30 heavy (non-hydrogen) atoms. The fourth-order valence-electron chi connectivity index (χ4n) is 3.42. The molecule has 13 heteroatoms. The third kappa shape index (κ3) is 4.75. The van der Waals surface area contributed by atoms with Gasteiger partial charge in [-0.2, -0.15) is 26.3 Å². The Morgan fingerprint density at radius 1 is 0.733 bits per heavy atom. The molecule has 0 radical (unpaired) electrons. The lowest BCUT2D eigenvalue weighted by atomic mass is 10.0. The molecule has 2 aliphatic rings. The van der Waals surface area contributed by atoms with Crippen LogP contribution in [0.3, 0.4) is 0 Å². The van der Waals surface area contributed by atoms with Gasteiger partial charge >= 0.3 is 30.3 Å². The van der Waals surface area contributed by atoms with E-state index in [2.05, 4.69) is 20.1 Å². The molecule has 2 N–H and O–H groups in total. The van der Waals surface area contributed by atoms with Gasteiger partial charge in [-0.3, -0.25) is 0 Å². The number of esters is 2. The second-order valence-corrected chi connectivity index (χ2v) is 8.89. The topological polar surface area (TPSA) is 93.7 Å². The van der Waals surface area contributed by atoms with Crippen LogP contribution in [0, 0.1) is 10.8 Å². The molecule has 0 unspecified atom stereocenters. The molecule has 2 aliphatic carbocycles. The van der Waals surface area contributed by atoms with E-state index in [1.165, 1.54) is 27.7 Å². The molecule has 7 nitrogen and oxygen atoms in total. The zero-order valence-electron chi connectivity index (χ0n) is 16.6. The molecule has 0 saturated heterocycles. The van der Waals surface area contributed by atoms with E-state index in [9.17, 15) is 40.7 Å². The van der Waals surface area contributed by atoms with Crippen LogP contribution in [0.25, 0.3) is 0 Å². The average Bonchev–Trinajstić information content (AvgIpc) is 3.30. The van der Waals surface area contributed by atoms with Crippen LogP contribution in [-0.2, 0) is 19.1 Å². The molecule has 0 aromatic carbocycles. The molecule has 172 valence electrons. The molecule has 0 bridgehead atoms. The maximum atomic E-state index is 12.5. The zero-order valence-corrected chi connectivity index (χ0v) is 16.6. The van der Waals surface area contributed by atoms with Crippen molar-refractivity contribution < 1.29 is 50.2 Å². The summed E-state index contributed by atoms with van der Waals surface area (Å²) in [6.07, 6.45) is -9.58. The Hall–Kier alpha value is -2.21. The van der Waals surface area contributed by atoms with Gasteiger partial charge in [0.2, 0.25) is 0 Å². The SMILES string of the molecule is CC1(C)C[C@@]1(NC(=O)N[C@@]1(C(=O)OCC(F)(F)F)CC1(C)C)C(=O)OCC(F)(F)F. The maximum Gasteiger partial charge on any atom is 0.422 e. The second-order valence-electron chi connectivity index (χ2n) is 8.89. The van der Waals surface area contributed by atoms with Gasteiger partial charge in [0.15, 0.2) is 13.2 Å². The Morgan fingerprint density at radius 2 is 1.00 bits per heavy atom. The van der Waals surface area contributed by atoms with Gasteiger partial charge in [-0.05, 0) is 12.8 Å². The molecular weight excluding hydrogens is 426 g/mol. The first-order valence-corrected chi connectivity index (χ1v) is 8.85. The van der Waals surface area contributed by atoms with E-state index >= 15 is 0 Å². The Kier molecular flexibility index (Phi) is 5.54. The third-order valence-electron chi connectivity index (χ3n) is 5.56. The number of halogens is 6. The van der Waals surface area contributed by atoms with E-state index in [-0.39, 0.29) is 12.8 Å². The molecule has 2 fully saturated rings. The summed E-state index contributed by atoms with van der Waals surface area (Å²) in [6.45, 7) is 2.36. The molecule has 0 aromatic heterocycles. The van der Waals surface area contributed by atoms with Gasteiger partial charge in [0.25, 0.3) is 0 Å². The molecular formula is C17H22F6N2O5. The Morgan fingerprint density at radius 3 is 1.20 bits per heavy atom. The Bertz CT molecular complexity index is 688. The average molecular weight is 448 g/mol. The van der Waals surface area contributed by atoms with E-state index in [1.807, 2.05) is 0 Å². The fourth-order valence-corrected chi connectivity index (χ4v) is 3.42. The summed E-state index contributed by atoms with van der Waals surface area (Å²) < 4.78 is 82.5. The van der Waals surface area contributed by atoms with Crippen LogP contribution >= 0.6 is 0 Å². The van der Waals surface area contributed by atoms with Gasteiger partial charge in [0.05, 0.1) is 0 Å². The van der Waals surface area contributed by atoms with Crippen LogP contribution in [0.15, 0.2) is 0 Å². The van der Waals surface area contributed by atoms with Crippen LogP contribution in [0.5, 0.6) is 0 Å². The first-order chi connectivity index (χ1) is 13.3. The minimum absolute atomic E-state index is 0.0287. The summed E-state index contributed by atoms with van der Waals surface area (Å²) in [5.74, 6) is -2.60. The predicted octanol–water partition coefficient (Wildman–Crippen LogP) is 2.83. The highest BCUT2D eigenvalue weighted by Crippen LogP contribution is 2.58. The van der Waals surface area contributed by atoms with Crippen molar-refractivity contribution in [3.8, 4) is 0 Å². The van der Waals surface area contributed by atoms with Crippen LogP contribution in [0.4, 0.5) is 31.1 Å². The van der Waals surface area contributed by atoms with Crippen molar-refractivity contribution in [2.45, 2.75) is 64.0 Å². The maximum absolute atomic E-state index is 12.5. The molecule has 0 aromatic rings. The summed E-state index contributed by atoms with van der Waals surface area (Å²) in [6, 6.07) is -1.11. The van der Waals surface area contributed by atoms with E-state index in [0.717, 1.165) is 0 Å². The number of carbonyl (C=O) groups excluding carboxylic acids is 3. The number of hydrogen-bond donors (Lipinski definition) is 2. The van der Waals surface area contributed by atoms with Gasteiger partial charge in [0.1, 0.15) is 11.1 Å². The van der Waals surface area contributed by atoms with E-state index in [4.69, 9.17) is 0 Å². The summed E-state index contributed by atoms with van der Waals surface area (Å²) >= 11 is 0. The summed E-state index contributed by atoms with van der Waals surface area (Å²) in [7, 11) is 0. The number of carbonyl (C=O) groups is 3. The summed E-state index contributed by atoms with van der Waals surface area (Å²) in [5, 5.41) is 4.47. The van der Waals surface area contributed by atoms with Gasteiger partial charge < -0.3 is 20.1 Å². The molecule has 2 amide bonds. The second kappa shape index (κ2) is 6.91. The molecule has 2 saturated carbocycles. The predicted molar refractivity (Wildman–Crippen MR) is 88.0 cm³/mol. The number of nitrogens with one attached hydrogen (secondary N) is 2. The first kappa shape index (κ1) is 24.1. The van der Waals surface area contributed by atoms with E-state index in [1.54, 1.807) is 0 Å². The lowest BCUT2D eigenvalue weighted by Gasteiger charge is -2.25. The van der Waals surface area contributed by atoms with Gasteiger partial charge in [0, 0.05) is 10.8 Å². The van der Waals surface area contributed by atoms with Crippen molar-refractivity contribution in [2.24, 2.45) is 10.8 Å². The molecule has 0 heterocycles. The standard InChI is InChI=1S/C17H22F6N2O5/c1-12(2)5-14(12,9(26)29-7-16(18,19)20)24-11(28)25-15(6-13(15,3)4)10(27)30-8-17(21,22)23/h5-8H2,1-4H3,(H2,24,25,28)/t14-,15-/m1/s1. The zero-order chi connectivity index (χ0) is 23.4. The first-order valence-electron chi connectivity index (χ1n) is 8.85. The normalized spacial score (nSPS) is 28.9. The smallest absolute Gasteiger partial charge is 0.422 e. The summed E-state index contributed by atoms with van der Waals surface area (Å²) in [5.41, 5.74) is -5.40. The number of urea groups is 1. The third-order valence-corrected chi connectivity index (χ3v) is 5.56. The van der Waals surface area contributed by atoms with Crippen LogP contribution in [0.1, 0.15) is 40.5 Å². The van der Waals surface area contributed by atoms with Crippen molar-refractivity contribution in [2.75, 3.05) is 13.2 Å². The van der Waals surface area contributed by atoms with Gasteiger partial charge in [-0.25, -0.2) is 14.4 Å². The number of hydrogen-bond acceptors (Lipinski definition) is 5. The Balaban J connectivity index is 2.08. The minimum Gasteiger partial charge on any atom is -0.454 e. The van der Waals surface area contributed by atoms with Crippen LogP contribution in [-0.4, -0.2) is 54.6 Å². The monoisotopic (exact) mass is 448 g/mol. The van der Waals surface area contributed by atoms with E-state index in [0.29, 0.717) is 0 Å². The number of ether oxygens (including phenoxy) is 2. The van der Waals surface area contributed by atoms with E-state index < -0.39 is 65.4 Å². The highest BCUT2D eigenvalue weighted by molar-refractivity contribution is 5.95. The van der Waals surface area contributed by atoms with Crippen molar-refractivity contribution in [3.63, 3.8) is 0 Å². The van der Waals surface area contributed by atoms with Crippen molar-refractivity contribution >= 4 is 18.0 Å². The molecule has 2 rings (SSSR count).